The second-order valence-electron chi connectivity index (χ2n) is 8.92. The number of nitrogens with zero attached hydrogens (tertiary/aromatic N) is 1. The molecule has 3 aliphatic rings. The number of fused-ring (bicyclic) bond motifs is 4. The normalized spacial score (nSPS) is 21.2. The van der Waals surface area contributed by atoms with Crippen molar-refractivity contribution in [2.75, 3.05) is 0 Å². The molecule has 4 heteroatoms. The van der Waals surface area contributed by atoms with Crippen LogP contribution in [0.1, 0.15) is 68.9 Å². The Morgan fingerprint density at radius 2 is 1.81 bits per heavy atom. The average molecular weight is 381 g/mol. The molecule has 0 radical (unpaired) electrons. The van der Waals surface area contributed by atoms with Crippen molar-refractivity contribution in [3.8, 4) is 11.3 Å². The highest BCUT2D eigenvalue weighted by molar-refractivity contribution is 7.71. The van der Waals surface area contributed by atoms with E-state index >= 15 is 0 Å². The van der Waals surface area contributed by atoms with Crippen molar-refractivity contribution in [3.63, 3.8) is 0 Å². The van der Waals surface area contributed by atoms with Crippen LogP contribution in [-0.2, 0) is 18.4 Å². The molecule has 3 nitrogen and oxygen atoms in total. The second kappa shape index (κ2) is 6.73. The van der Waals surface area contributed by atoms with Gasteiger partial charge in [-0.25, -0.2) is 0 Å². The summed E-state index contributed by atoms with van der Waals surface area (Å²) in [5, 5.41) is 0. The number of aromatic amines is 1. The van der Waals surface area contributed by atoms with Gasteiger partial charge in [0.1, 0.15) is 0 Å². The standard InChI is InChI=1S/C23H28N2OS/c26-21-19-20(24-22(27)25(21)15-16-8-2-3-9-16)18-11-5-4-10-17(18)14-23(19)12-6-1-7-13-23/h4-5,10-11,16H,1-3,6-9,12-15H2,(H,24,27). The van der Waals surface area contributed by atoms with Crippen LogP contribution in [0.5, 0.6) is 0 Å². The van der Waals surface area contributed by atoms with E-state index in [4.69, 9.17) is 12.2 Å². The summed E-state index contributed by atoms with van der Waals surface area (Å²) in [5.74, 6) is 0.606. The Balaban J connectivity index is 1.72. The van der Waals surface area contributed by atoms with Crippen molar-refractivity contribution < 1.29 is 0 Å². The largest absolute Gasteiger partial charge is 0.331 e. The molecular formula is C23H28N2OS. The van der Waals surface area contributed by atoms with E-state index in [1.54, 1.807) is 0 Å². The van der Waals surface area contributed by atoms with Crippen LogP contribution in [0.4, 0.5) is 0 Å². The van der Waals surface area contributed by atoms with E-state index in [0.717, 1.165) is 37.1 Å². The number of rotatable bonds is 2. The topological polar surface area (TPSA) is 37.8 Å². The second-order valence-corrected chi connectivity index (χ2v) is 9.31. The Labute approximate surface area is 165 Å². The van der Waals surface area contributed by atoms with Gasteiger partial charge in [-0.2, -0.15) is 0 Å². The van der Waals surface area contributed by atoms with Gasteiger partial charge in [0.2, 0.25) is 0 Å². The number of H-pyrrole nitrogens is 1. The first-order chi connectivity index (χ1) is 13.2. The lowest BCUT2D eigenvalue weighted by molar-refractivity contribution is 0.282. The van der Waals surface area contributed by atoms with Crippen LogP contribution >= 0.6 is 12.2 Å². The predicted molar refractivity (Wildman–Crippen MR) is 112 cm³/mol. The fraction of sp³-hybridized carbons (Fsp3) is 0.565. The van der Waals surface area contributed by atoms with E-state index < -0.39 is 0 Å². The zero-order valence-corrected chi connectivity index (χ0v) is 16.7. The van der Waals surface area contributed by atoms with Crippen molar-refractivity contribution >= 4 is 12.2 Å². The lowest BCUT2D eigenvalue weighted by Crippen LogP contribution is -2.43. The molecule has 0 unspecified atom stereocenters. The molecule has 1 aromatic heterocycles. The van der Waals surface area contributed by atoms with E-state index in [0.29, 0.717) is 10.7 Å². The molecule has 5 rings (SSSR count). The molecule has 0 aliphatic heterocycles. The van der Waals surface area contributed by atoms with Crippen LogP contribution < -0.4 is 5.56 Å². The van der Waals surface area contributed by atoms with Crippen molar-refractivity contribution in [2.24, 2.45) is 5.92 Å². The van der Waals surface area contributed by atoms with Crippen LogP contribution in [0.15, 0.2) is 29.1 Å². The van der Waals surface area contributed by atoms with Gasteiger partial charge in [-0.15, -0.1) is 0 Å². The minimum atomic E-state index is -0.00399. The van der Waals surface area contributed by atoms with Gasteiger partial charge in [-0.3, -0.25) is 9.36 Å². The van der Waals surface area contributed by atoms with E-state index in [2.05, 4.69) is 29.2 Å². The molecule has 0 atom stereocenters. The van der Waals surface area contributed by atoms with Crippen LogP contribution in [0.2, 0.25) is 0 Å². The maximum Gasteiger partial charge on any atom is 0.258 e. The SMILES string of the molecule is O=c1c2c([nH]c(=S)n1CC1CCCC1)-c1ccccc1CC21CCCCC1. The predicted octanol–water partition coefficient (Wildman–Crippen LogP) is 5.52. The lowest BCUT2D eigenvalue weighted by atomic mass is 9.62. The minimum Gasteiger partial charge on any atom is -0.331 e. The third-order valence-electron chi connectivity index (χ3n) is 7.26. The molecule has 2 aromatic rings. The van der Waals surface area contributed by atoms with Gasteiger partial charge >= 0.3 is 0 Å². The number of aromatic nitrogens is 2. The summed E-state index contributed by atoms with van der Waals surface area (Å²) in [5.41, 5.74) is 4.78. The number of hydrogen-bond donors (Lipinski definition) is 1. The van der Waals surface area contributed by atoms with Crippen LogP contribution in [0.25, 0.3) is 11.3 Å². The zero-order chi connectivity index (χ0) is 18.4. The van der Waals surface area contributed by atoms with Gasteiger partial charge < -0.3 is 4.98 Å². The summed E-state index contributed by atoms with van der Waals surface area (Å²) >= 11 is 5.69. The van der Waals surface area contributed by atoms with E-state index in [1.165, 1.54) is 56.1 Å². The summed E-state index contributed by atoms with van der Waals surface area (Å²) < 4.78 is 2.50. The first-order valence-corrected chi connectivity index (χ1v) is 11.0. The summed E-state index contributed by atoms with van der Waals surface area (Å²) in [6.45, 7) is 0.791. The fourth-order valence-corrected chi connectivity index (χ4v) is 6.17. The molecular weight excluding hydrogens is 352 g/mol. The van der Waals surface area contributed by atoms with E-state index in [9.17, 15) is 4.79 Å². The van der Waals surface area contributed by atoms with Gasteiger partial charge in [0.25, 0.3) is 5.56 Å². The Kier molecular flexibility index (Phi) is 4.34. The molecule has 1 heterocycles. The van der Waals surface area contributed by atoms with Gasteiger partial charge in [-0.1, -0.05) is 56.4 Å². The zero-order valence-electron chi connectivity index (χ0n) is 15.9. The van der Waals surface area contributed by atoms with Gasteiger partial charge in [0, 0.05) is 23.1 Å². The van der Waals surface area contributed by atoms with Crippen molar-refractivity contribution in [1.82, 2.24) is 9.55 Å². The summed E-state index contributed by atoms with van der Waals surface area (Å²) in [6.07, 6.45) is 12.0. The van der Waals surface area contributed by atoms with E-state index in [1.807, 2.05) is 4.57 Å². The van der Waals surface area contributed by atoms with Crippen LogP contribution in [0.3, 0.4) is 0 Å². The smallest absolute Gasteiger partial charge is 0.258 e. The number of nitrogens with one attached hydrogen (secondary N) is 1. The highest BCUT2D eigenvalue weighted by Gasteiger charge is 2.42. The minimum absolute atomic E-state index is 0.00399. The molecule has 2 fully saturated rings. The molecule has 142 valence electrons. The highest BCUT2D eigenvalue weighted by atomic mass is 32.1. The van der Waals surface area contributed by atoms with Crippen LogP contribution in [-0.4, -0.2) is 9.55 Å². The first-order valence-electron chi connectivity index (χ1n) is 10.6. The molecule has 1 spiro atoms. The monoisotopic (exact) mass is 380 g/mol. The molecule has 27 heavy (non-hydrogen) atoms. The van der Waals surface area contributed by atoms with Gasteiger partial charge in [0.15, 0.2) is 4.77 Å². The average Bonchev–Trinajstić information content (AvgIpc) is 3.19. The molecule has 1 N–H and O–H groups in total. The first kappa shape index (κ1) is 17.4. The maximum absolute atomic E-state index is 13.8. The van der Waals surface area contributed by atoms with Crippen molar-refractivity contribution in [2.45, 2.75) is 76.2 Å². The Bertz CT molecular complexity index is 975. The Hall–Kier alpha value is -1.68. The lowest BCUT2D eigenvalue weighted by Gasteiger charge is -2.42. The number of benzene rings is 1. The molecule has 1 aromatic carbocycles. The summed E-state index contributed by atoms with van der Waals surface area (Å²) in [7, 11) is 0. The molecule has 0 amide bonds. The van der Waals surface area contributed by atoms with Crippen LogP contribution in [0, 0.1) is 10.7 Å². The third kappa shape index (κ3) is 2.84. The van der Waals surface area contributed by atoms with Crippen molar-refractivity contribution in [1.29, 1.82) is 0 Å². The Morgan fingerprint density at radius 1 is 1.07 bits per heavy atom. The quantitative estimate of drug-likeness (QED) is 0.697. The van der Waals surface area contributed by atoms with Crippen molar-refractivity contribution in [3.05, 3.63) is 50.5 Å². The van der Waals surface area contributed by atoms with Gasteiger partial charge in [0.05, 0.1) is 5.69 Å². The molecule has 0 saturated heterocycles. The fourth-order valence-electron chi connectivity index (χ4n) is 5.91. The molecule has 0 bridgehead atoms. The highest BCUT2D eigenvalue weighted by Crippen LogP contribution is 2.48. The number of hydrogen-bond acceptors (Lipinski definition) is 2. The maximum atomic E-state index is 13.8. The van der Waals surface area contributed by atoms with Gasteiger partial charge in [-0.05, 0) is 55.8 Å². The van der Waals surface area contributed by atoms with E-state index in [-0.39, 0.29) is 11.0 Å². The summed E-state index contributed by atoms with van der Waals surface area (Å²) in [4.78, 5) is 17.3. The molecule has 3 aliphatic carbocycles. The molecule has 2 saturated carbocycles. The Morgan fingerprint density at radius 3 is 2.59 bits per heavy atom. The third-order valence-corrected chi connectivity index (χ3v) is 7.58. The summed E-state index contributed by atoms with van der Waals surface area (Å²) in [6, 6.07) is 8.57.